The van der Waals surface area contributed by atoms with E-state index in [0.717, 1.165) is 17.9 Å². The molecule has 2 heterocycles. The SMILES string of the molecule is CCn1nc(Cc2ccc(C(=O)O)o2)cc1C. The number of carboxylic acid groups (broad SMARTS) is 1. The predicted octanol–water partition coefficient (Wildman–Crippen LogP) is 2.09. The zero-order chi connectivity index (χ0) is 12.4. The monoisotopic (exact) mass is 234 g/mol. The van der Waals surface area contributed by atoms with E-state index in [-0.39, 0.29) is 5.76 Å². The topological polar surface area (TPSA) is 68.3 Å². The summed E-state index contributed by atoms with van der Waals surface area (Å²) in [7, 11) is 0. The van der Waals surface area contributed by atoms with Gasteiger partial charge in [0, 0.05) is 12.2 Å². The van der Waals surface area contributed by atoms with Crippen molar-refractivity contribution in [1.29, 1.82) is 0 Å². The highest BCUT2D eigenvalue weighted by molar-refractivity contribution is 5.84. The van der Waals surface area contributed by atoms with Crippen molar-refractivity contribution in [3.8, 4) is 0 Å². The van der Waals surface area contributed by atoms with Crippen molar-refractivity contribution in [3.05, 3.63) is 41.1 Å². The van der Waals surface area contributed by atoms with Crippen LogP contribution in [-0.2, 0) is 13.0 Å². The first-order chi connectivity index (χ1) is 8.10. The summed E-state index contributed by atoms with van der Waals surface area (Å²) >= 11 is 0. The molecule has 1 N–H and O–H groups in total. The van der Waals surface area contributed by atoms with Crippen molar-refractivity contribution in [3.63, 3.8) is 0 Å². The third-order valence-electron chi connectivity index (χ3n) is 2.56. The Hall–Kier alpha value is -2.04. The van der Waals surface area contributed by atoms with E-state index < -0.39 is 5.97 Å². The molecule has 0 aliphatic carbocycles. The fraction of sp³-hybridized carbons (Fsp3) is 0.333. The average molecular weight is 234 g/mol. The third-order valence-corrected chi connectivity index (χ3v) is 2.56. The van der Waals surface area contributed by atoms with E-state index in [0.29, 0.717) is 12.2 Å². The zero-order valence-corrected chi connectivity index (χ0v) is 9.80. The highest BCUT2D eigenvalue weighted by Crippen LogP contribution is 2.13. The van der Waals surface area contributed by atoms with Gasteiger partial charge in [-0.2, -0.15) is 5.10 Å². The standard InChI is InChI=1S/C12H14N2O3/c1-3-14-8(2)6-9(13-14)7-10-4-5-11(17-10)12(15)16/h4-6H,3,7H2,1-2H3,(H,15,16). The normalized spacial score (nSPS) is 10.7. The van der Waals surface area contributed by atoms with Crippen LogP contribution < -0.4 is 0 Å². The van der Waals surface area contributed by atoms with Gasteiger partial charge in [-0.15, -0.1) is 0 Å². The van der Waals surface area contributed by atoms with Gasteiger partial charge in [-0.3, -0.25) is 4.68 Å². The van der Waals surface area contributed by atoms with Crippen molar-refractivity contribution in [1.82, 2.24) is 9.78 Å². The van der Waals surface area contributed by atoms with E-state index in [9.17, 15) is 4.79 Å². The van der Waals surface area contributed by atoms with Gasteiger partial charge < -0.3 is 9.52 Å². The second-order valence-electron chi connectivity index (χ2n) is 3.84. The fourth-order valence-electron chi connectivity index (χ4n) is 1.75. The van der Waals surface area contributed by atoms with Crippen LogP contribution in [-0.4, -0.2) is 20.9 Å². The molecule has 0 aliphatic heterocycles. The van der Waals surface area contributed by atoms with E-state index >= 15 is 0 Å². The molecular weight excluding hydrogens is 220 g/mol. The number of hydrogen-bond acceptors (Lipinski definition) is 3. The molecule has 0 aliphatic rings. The largest absolute Gasteiger partial charge is 0.475 e. The number of furan rings is 1. The third kappa shape index (κ3) is 2.38. The fourth-order valence-corrected chi connectivity index (χ4v) is 1.75. The van der Waals surface area contributed by atoms with Gasteiger partial charge in [-0.1, -0.05) is 0 Å². The van der Waals surface area contributed by atoms with Crippen molar-refractivity contribution in [2.24, 2.45) is 0 Å². The van der Waals surface area contributed by atoms with Crippen LogP contribution in [0.1, 0.15) is 34.6 Å². The lowest BCUT2D eigenvalue weighted by Crippen LogP contribution is -1.99. The molecule has 0 radical (unpaired) electrons. The maximum absolute atomic E-state index is 10.7. The molecule has 5 heteroatoms. The van der Waals surface area contributed by atoms with Crippen LogP contribution in [0.5, 0.6) is 0 Å². The number of aromatic nitrogens is 2. The van der Waals surface area contributed by atoms with E-state index in [4.69, 9.17) is 9.52 Å². The van der Waals surface area contributed by atoms with Crippen LogP contribution in [0, 0.1) is 6.92 Å². The summed E-state index contributed by atoms with van der Waals surface area (Å²) in [5.74, 6) is -0.471. The highest BCUT2D eigenvalue weighted by Gasteiger charge is 2.11. The van der Waals surface area contributed by atoms with Gasteiger partial charge in [-0.25, -0.2) is 4.79 Å². The van der Waals surface area contributed by atoms with Crippen LogP contribution in [0.4, 0.5) is 0 Å². The molecule has 0 atom stereocenters. The van der Waals surface area contributed by atoms with E-state index in [1.807, 2.05) is 24.6 Å². The number of hydrogen-bond donors (Lipinski definition) is 1. The summed E-state index contributed by atoms with van der Waals surface area (Å²) in [4.78, 5) is 10.7. The molecule has 90 valence electrons. The van der Waals surface area contributed by atoms with Gasteiger partial charge >= 0.3 is 5.97 Å². The number of aromatic carboxylic acids is 1. The first-order valence-corrected chi connectivity index (χ1v) is 5.45. The number of rotatable bonds is 4. The molecular formula is C12H14N2O3. The van der Waals surface area contributed by atoms with Crippen LogP contribution in [0.25, 0.3) is 0 Å². The molecule has 0 bridgehead atoms. The number of aryl methyl sites for hydroxylation is 2. The Morgan fingerprint density at radius 1 is 1.53 bits per heavy atom. The van der Waals surface area contributed by atoms with Crippen molar-refractivity contribution < 1.29 is 14.3 Å². The summed E-state index contributed by atoms with van der Waals surface area (Å²) in [6.45, 7) is 4.84. The summed E-state index contributed by atoms with van der Waals surface area (Å²) in [5, 5.41) is 13.1. The molecule has 5 nitrogen and oxygen atoms in total. The van der Waals surface area contributed by atoms with Gasteiger partial charge in [0.15, 0.2) is 0 Å². The van der Waals surface area contributed by atoms with E-state index in [2.05, 4.69) is 5.10 Å². The summed E-state index contributed by atoms with van der Waals surface area (Å²) < 4.78 is 7.08. The molecule has 0 unspecified atom stereocenters. The Morgan fingerprint density at radius 3 is 2.82 bits per heavy atom. The maximum atomic E-state index is 10.7. The van der Waals surface area contributed by atoms with Crippen molar-refractivity contribution in [2.45, 2.75) is 26.8 Å². The summed E-state index contributed by atoms with van der Waals surface area (Å²) in [6.07, 6.45) is 0.515. The molecule has 2 aromatic heterocycles. The number of carboxylic acids is 1. The van der Waals surface area contributed by atoms with Crippen molar-refractivity contribution in [2.75, 3.05) is 0 Å². The van der Waals surface area contributed by atoms with Gasteiger partial charge in [0.2, 0.25) is 5.76 Å². The molecule has 0 saturated heterocycles. The molecule has 2 rings (SSSR count). The highest BCUT2D eigenvalue weighted by atomic mass is 16.4. The smallest absolute Gasteiger partial charge is 0.371 e. The average Bonchev–Trinajstić information content (AvgIpc) is 2.86. The lowest BCUT2D eigenvalue weighted by molar-refractivity contribution is 0.0660. The molecule has 17 heavy (non-hydrogen) atoms. The Bertz CT molecular complexity index is 540. The van der Waals surface area contributed by atoms with Gasteiger partial charge in [0.05, 0.1) is 12.1 Å². The lowest BCUT2D eigenvalue weighted by atomic mass is 10.2. The quantitative estimate of drug-likeness (QED) is 0.879. The Balaban J connectivity index is 2.16. The zero-order valence-electron chi connectivity index (χ0n) is 9.80. The van der Waals surface area contributed by atoms with Gasteiger partial charge in [0.25, 0.3) is 0 Å². The van der Waals surface area contributed by atoms with Crippen molar-refractivity contribution >= 4 is 5.97 Å². The van der Waals surface area contributed by atoms with Gasteiger partial charge in [0.1, 0.15) is 5.76 Å². The number of carbonyl (C=O) groups is 1. The lowest BCUT2D eigenvalue weighted by Gasteiger charge is -1.96. The minimum atomic E-state index is -1.05. The Morgan fingerprint density at radius 2 is 2.29 bits per heavy atom. The summed E-state index contributed by atoms with van der Waals surface area (Å²) in [5.41, 5.74) is 1.98. The predicted molar refractivity (Wildman–Crippen MR) is 61.1 cm³/mol. The second kappa shape index (κ2) is 4.45. The Labute approximate surface area is 98.7 Å². The minimum Gasteiger partial charge on any atom is -0.475 e. The van der Waals surface area contributed by atoms with Gasteiger partial charge in [-0.05, 0) is 32.0 Å². The molecule has 2 aromatic rings. The molecule has 0 spiro atoms. The first kappa shape index (κ1) is 11.4. The summed E-state index contributed by atoms with van der Waals surface area (Å²) in [6, 6.07) is 5.11. The molecule has 0 amide bonds. The molecule has 0 saturated carbocycles. The van der Waals surface area contributed by atoms with E-state index in [1.54, 1.807) is 6.07 Å². The minimum absolute atomic E-state index is 0.0355. The maximum Gasteiger partial charge on any atom is 0.371 e. The molecule has 0 fully saturated rings. The first-order valence-electron chi connectivity index (χ1n) is 5.45. The van der Waals surface area contributed by atoms with Crippen LogP contribution in [0.15, 0.2) is 22.6 Å². The van der Waals surface area contributed by atoms with Crippen LogP contribution in [0.3, 0.4) is 0 Å². The Kier molecular flexibility index (Phi) is 2.99. The van der Waals surface area contributed by atoms with E-state index in [1.165, 1.54) is 6.07 Å². The van der Waals surface area contributed by atoms with Crippen LogP contribution >= 0.6 is 0 Å². The molecule has 0 aromatic carbocycles. The number of nitrogens with zero attached hydrogens (tertiary/aromatic N) is 2. The van der Waals surface area contributed by atoms with Crippen LogP contribution in [0.2, 0.25) is 0 Å². The second-order valence-corrected chi connectivity index (χ2v) is 3.84.